The summed E-state index contributed by atoms with van der Waals surface area (Å²) < 4.78 is 13.8. The van der Waals surface area contributed by atoms with Crippen LogP contribution in [-0.4, -0.2) is 69.4 Å². The third kappa shape index (κ3) is 3.53. The summed E-state index contributed by atoms with van der Waals surface area (Å²) in [6, 6.07) is 4.03. The Kier molecular flexibility index (Phi) is 5.54. The number of benzene rings is 1. The molecular formula is C14H19ClFNO4. The lowest BCUT2D eigenvalue weighted by molar-refractivity contribution is -0.144. The summed E-state index contributed by atoms with van der Waals surface area (Å²) in [6.07, 6.45) is -3.32. The fourth-order valence-corrected chi connectivity index (χ4v) is 2.84. The predicted octanol–water partition coefficient (Wildman–Crippen LogP) is -0.219. The van der Waals surface area contributed by atoms with E-state index in [1.54, 1.807) is 17.0 Å². The first-order chi connectivity index (χ1) is 9.95. The van der Waals surface area contributed by atoms with Gasteiger partial charge in [0.15, 0.2) is 0 Å². The largest absolute Gasteiger partial charge is 0.395 e. The van der Waals surface area contributed by atoms with Crippen LogP contribution >= 0.6 is 11.6 Å². The van der Waals surface area contributed by atoms with E-state index in [9.17, 15) is 24.8 Å². The first kappa shape index (κ1) is 16.6. The van der Waals surface area contributed by atoms with E-state index in [0.717, 1.165) is 0 Å². The first-order valence-electron chi connectivity index (χ1n) is 6.77. The van der Waals surface area contributed by atoms with Gasteiger partial charge in [0, 0.05) is 13.1 Å². The molecule has 1 aliphatic heterocycles. The lowest BCUT2D eigenvalue weighted by atomic mass is 9.94. The molecule has 1 fully saturated rings. The average molecular weight is 320 g/mol. The van der Waals surface area contributed by atoms with Crippen molar-refractivity contribution >= 4 is 11.6 Å². The zero-order valence-corrected chi connectivity index (χ0v) is 12.1. The Morgan fingerprint density at radius 1 is 1.24 bits per heavy atom. The minimum absolute atomic E-state index is 0.0420. The third-order valence-corrected chi connectivity index (χ3v) is 4.21. The number of hydrogen-bond acceptors (Lipinski definition) is 5. The van der Waals surface area contributed by atoms with Crippen molar-refractivity contribution in [1.82, 2.24) is 4.90 Å². The molecule has 2 rings (SSSR count). The minimum Gasteiger partial charge on any atom is -0.395 e. The van der Waals surface area contributed by atoms with Gasteiger partial charge in [0.1, 0.15) is 18.0 Å². The maximum Gasteiger partial charge on any atom is 0.145 e. The maximum atomic E-state index is 13.8. The monoisotopic (exact) mass is 319 g/mol. The van der Waals surface area contributed by atoms with Gasteiger partial charge >= 0.3 is 0 Å². The van der Waals surface area contributed by atoms with Gasteiger partial charge in [0.25, 0.3) is 0 Å². The molecule has 1 heterocycles. The summed E-state index contributed by atoms with van der Waals surface area (Å²) in [4.78, 5) is 1.64. The summed E-state index contributed by atoms with van der Waals surface area (Å²) in [5.41, 5.74) is 0.425. The molecule has 0 spiro atoms. The fourth-order valence-electron chi connectivity index (χ4n) is 2.64. The van der Waals surface area contributed by atoms with Crippen LogP contribution in [0.25, 0.3) is 0 Å². The molecule has 1 aromatic rings. The minimum atomic E-state index is -1.29. The number of aliphatic hydroxyl groups is 4. The van der Waals surface area contributed by atoms with Gasteiger partial charge < -0.3 is 20.4 Å². The molecule has 118 valence electrons. The predicted molar refractivity (Wildman–Crippen MR) is 75.6 cm³/mol. The zero-order chi connectivity index (χ0) is 15.6. The van der Waals surface area contributed by atoms with Crippen molar-refractivity contribution in [3.63, 3.8) is 0 Å². The molecule has 1 saturated heterocycles. The van der Waals surface area contributed by atoms with E-state index in [2.05, 4.69) is 0 Å². The summed E-state index contributed by atoms with van der Waals surface area (Å²) in [7, 11) is 0. The molecule has 5 nitrogen and oxygen atoms in total. The van der Waals surface area contributed by atoms with Crippen LogP contribution in [0.15, 0.2) is 18.2 Å². The molecule has 0 unspecified atom stereocenters. The molecule has 7 heteroatoms. The molecule has 0 amide bonds. The summed E-state index contributed by atoms with van der Waals surface area (Å²) in [6.45, 7) is 0.0674. The van der Waals surface area contributed by atoms with E-state index in [0.29, 0.717) is 18.5 Å². The number of hydrogen-bond donors (Lipinski definition) is 4. The standard InChI is InChI=1S/C14H19ClFNO4/c15-9-3-1-2-8(12(9)16)4-5-17-6-11(19)14(21)13(20)10(17)7-18/h1-3,10-11,13-14,18-21H,4-7H2/t10-,11-,13+,14+/m0/s1. The second kappa shape index (κ2) is 7.00. The highest BCUT2D eigenvalue weighted by Crippen LogP contribution is 2.22. The van der Waals surface area contributed by atoms with Crippen LogP contribution in [0.2, 0.25) is 5.02 Å². The van der Waals surface area contributed by atoms with E-state index in [4.69, 9.17) is 11.6 Å². The fraction of sp³-hybridized carbons (Fsp3) is 0.571. The summed E-state index contributed by atoms with van der Waals surface area (Å²) in [5, 5.41) is 38.6. The van der Waals surface area contributed by atoms with Crippen molar-refractivity contribution in [1.29, 1.82) is 0 Å². The molecule has 4 N–H and O–H groups in total. The van der Waals surface area contributed by atoms with Gasteiger partial charge in [0.05, 0.1) is 23.8 Å². The van der Waals surface area contributed by atoms with Crippen LogP contribution in [0.3, 0.4) is 0 Å². The molecule has 1 aromatic carbocycles. The second-order valence-electron chi connectivity index (χ2n) is 5.26. The number of aliphatic hydroxyl groups excluding tert-OH is 4. The average Bonchev–Trinajstić information content (AvgIpc) is 2.46. The highest BCUT2D eigenvalue weighted by Gasteiger charge is 2.40. The van der Waals surface area contributed by atoms with Crippen molar-refractivity contribution in [2.45, 2.75) is 30.8 Å². The summed E-state index contributed by atoms with van der Waals surface area (Å²) >= 11 is 5.72. The van der Waals surface area contributed by atoms with Gasteiger partial charge in [-0.3, -0.25) is 4.90 Å². The highest BCUT2D eigenvalue weighted by atomic mass is 35.5. The lowest BCUT2D eigenvalue weighted by Crippen LogP contribution is -2.62. The van der Waals surface area contributed by atoms with E-state index < -0.39 is 30.2 Å². The zero-order valence-electron chi connectivity index (χ0n) is 11.4. The molecular weight excluding hydrogens is 301 g/mol. The van der Waals surface area contributed by atoms with Gasteiger partial charge in [-0.15, -0.1) is 0 Å². The van der Waals surface area contributed by atoms with Gasteiger partial charge in [-0.2, -0.15) is 0 Å². The van der Waals surface area contributed by atoms with Gasteiger partial charge in [-0.05, 0) is 18.1 Å². The quantitative estimate of drug-likeness (QED) is 0.617. The molecule has 4 atom stereocenters. The van der Waals surface area contributed by atoms with Crippen molar-refractivity contribution < 1.29 is 24.8 Å². The topological polar surface area (TPSA) is 84.2 Å². The van der Waals surface area contributed by atoms with E-state index in [1.165, 1.54) is 6.07 Å². The third-order valence-electron chi connectivity index (χ3n) is 3.92. The van der Waals surface area contributed by atoms with Crippen molar-refractivity contribution in [3.8, 4) is 0 Å². The molecule has 0 radical (unpaired) electrons. The van der Waals surface area contributed by atoms with Crippen LogP contribution < -0.4 is 0 Å². The van der Waals surface area contributed by atoms with E-state index in [-0.39, 0.29) is 18.2 Å². The second-order valence-corrected chi connectivity index (χ2v) is 5.66. The Hall–Kier alpha value is -0.760. The number of piperidine rings is 1. The van der Waals surface area contributed by atoms with E-state index >= 15 is 0 Å². The first-order valence-corrected chi connectivity index (χ1v) is 7.15. The van der Waals surface area contributed by atoms with Gasteiger partial charge in [-0.1, -0.05) is 23.7 Å². The van der Waals surface area contributed by atoms with Crippen molar-refractivity contribution in [2.75, 3.05) is 19.7 Å². The van der Waals surface area contributed by atoms with Crippen LogP contribution in [-0.2, 0) is 6.42 Å². The number of β-amino-alcohol motifs (C(OH)–C–C–N with tert-alkyl or cyclic N) is 1. The van der Waals surface area contributed by atoms with Crippen LogP contribution in [0.5, 0.6) is 0 Å². The van der Waals surface area contributed by atoms with Crippen LogP contribution in [0.4, 0.5) is 4.39 Å². The SMILES string of the molecule is OC[C@H]1[C@@H](O)[C@H](O)[C@@H](O)CN1CCc1cccc(Cl)c1F. The molecule has 0 aromatic heterocycles. The molecule has 0 saturated carbocycles. The smallest absolute Gasteiger partial charge is 0.145 e. The van der Waals surface area contributed by atoms with Crippen molar-refractivity contribution in [2.24, 2.45) is 0 Å². The molecule has 0 bridgehead atoms. The number of nitrogens with zero attached hydrogens (tertiary/aromatic N) is 1. The van der Waals surface area contributed by atoms with Gasteiger partial charge in [0.2, 0.25) is 0 Å². The van der Waals surface area contributed by atoms with Gasteiger partial charge in [-0.25, -0.2) is 4.39 Å². The Bertz CT molecular complexity index is 490. The van der Waals surface area contributed by atoms with Crippen LogP contribution in [0.1, 0.15) is 5.56 Å². The Morgan fingerprint density at radius 2 is 1.95 bits per heavy atom. The summed E-state index contributed by atoms with van der Waals surface area (Å²) in [5.74, 6) is -0.488. The molecule has 1 aliphatic rings. The van der Waals surface area contributed by atoms with E-state index in [1.807, 2.05) is 0 Å². The number of likely N-dealkylation sites (tertiary alicyclic amines) is 1. The molecule has 21 heavy (non-hydrogen) atoms. The highest BCUT2D eigenvalue weighted by molar-refractivity contribution is 6.30. The molecule has 0 aliphatic carbocycles. The Balaban J connectivity index is 2.06. The maximum absolute atomic E-state index is 13.8. The Morgan fingerprint density at radius 3 is 2.62 bits per heavy atom. The Labute approximate surface area is 127 Å². The van der Waals surface area contributed by atoms with Crippen LogP contribution in [0, 0.1) is 5.82 Å². The number of rotatable bonds is 4. The lowest BCUT2D eigenvalue weighted by Gasteiger charge is -2.43. The van der Waals surface area contributed by atoms with Crippen molar-refractivity contribution in [3.05, 3.63) is 34.6 Å². The number of halogens is 2. The normalized spacial score (nSPS) is 30.6.